The van der Waals surface area contributed by atoms with Gasteiger partial charge in [-0.3, -0.25) is 14.9 Å². The fraction of sp³-hybridized carbons (Fsp3) is 0.357. The van der Waals surface area contributed by atoms with E-state index in [2.05, 4.69) is 0 Å². The van der Waals surface area contributed by atoms with Crippen molar-refractivity contribution < 1.29 is 22.9 Å². The highest BCUT2D eigenvalue weighted by Gasteiger charge is 2.34. The Kier molecular flexibility index (Phi) is 4.20. The number of nitro benzene ring substituents is 1. The lowest BCUT2D eigenvalue weighted by Gasteiger charge is -2.26. The molecule has 0 bridgehead atoms. The summed E-state index contributed by atoms with van der Waals surface area (Å²) in [4.78, 5) is 23.5. The number of carbonyl (C=O) groups excluding carboxylic acids is 1. The maximum Gasteiger partial charge on any atom is 0.416 e. The fourth-order valence-corrected chi connectivity index (χ4v) is 2.27. The van der Waals surface area contributed by atoms with Gasteiger partial charge in [0.15, 0.2) is 0 Å². The van der Waals surface area contributed by atoms with E-state index < -0.39 is 28.3 Å². The number of non-ortho nitro benzene ring substituents is 1. The summed E-state index contributed by atoms with van der Waals surface area (Å²) in [5, 5.41) is 10.8. The van der Waals surface area contributed by atoms with Crippen LogP contribution in [0.4, 0.5) is 18.9 Å². The number of benzene rings is 1. The summed E-state index contributed by atoms with van der Waals surface area (Å²) in [5.41, 5.74) is -1.34. The third-order valence-electron chi connectivity index (χ3n) is 3.32. The molecule has 0 fully saturated rings. The van der Waals surface area contributed by atoms with Gasteiger partial charge >= 0.3 is 6.18 Å². The van der Waals surface area contributed by atoms with E-state index in [0.29, 0.717) is 31.6 Å². The Balaban J connectivity index is 2.41. The van der Waals surface area contributed by atoms with Crippen LogP contribution in [-0.2, 0) is 6.18 Å². The normalized spacial score (nSPS) is 15.5. The first-order valence-electron chi connectivity index (χ1n) is 6.50. The molecular formula is C14H13F3N2O3. The minimum Gasteiger partial charge on any atom is -0.334 e. The predicted molar refractivity (Wildman–Crippen MR) is 72.4 cm³/mol. The molecule has 1 amide bonds. The highest BCUT2D eigenvalue weighted by atomic mass is 19.4. The number of hydrogen-bond donors (Lipinski definition) is 0. The van der Waals surface area contributed by atoms with E-state index in [0.717, 1.165) is 11.6 Å². The molecule has 0 unspecified atom stereocenters. The third kappa shape index (κ3) is 3.44. The Bertz CT molecular complexity index is 653. The SMILES string of the molecule is CC1=CCCN(C(=O)c2cc([N+](=O)[O-])cc(C(F)(F)F)c2)C1. The zero-order valence-electron chi connectivity index (χ0n) is 11.7. The van der Waals surface area contributed by atoms with Gasteiger partial charge in [-0.05, 0) is 19.4 Å². The number of halogens is 3. The van der Waals surface area contributed by atoms with Crippen molar-refractivity contribution in [1.82, 2.24) is 4.90 Å². The molecule has 0 radical (unpaired) electrons. The van der Waals surface area contributed by atoms with Gasteiger partial charge in [-0.15, -0.1) is 0 Å². The highest BCUT2D eigenvalue weighted by Crippen LogP contribution is 2.33. The number of carbonyl (C=O) groups is 1. The Hall–Kier alpha value is -2.38. The van der Waals surface area contributed by atoms with Crippen molar-refractivity contribution in [1.29, 1.82) is 0 Å². The van der Waals surface area contributed by atoms with Crippen LogP contribution in [0.25, 0.3) is 0 Å². The molecule has 0 aliphatic carbocycles. The van der Waals surface area contributed by atoms with Gasteiger partial charge in [0, 0.05) is 30.8 Å². The zero-order chi connectivity index (χ0) is 16.5. The average molecular weight is 314 g/mol. The van der Waals surface area contributed by atoms with Crippen molar-refractivity contribution >= 4 is 11.6 Å². The molecule has 1 heterocycles. The molecule has 0 spiro atoms. The molecule has 5 nitrogen and oxygen atoms in total. The summed E-state index contributed by atoms with van der Waals surface area (Å²) in [5.74, 6) is -0.637. The van der Waals surface area contributed by atoms with Crippen LogP contribution in [-0.4, -0.2) is 28.8 Å². The molecule has 0 aromatic heterocycles. The number of rotatable bonds is 2. The van der Waals surface area contributed by atoms with E-state index in [1.807, 2.05) is 13.0 Å². The Labute approximate surface area is 124 Å². The van der Waals surface area contributed by atoms with Gasteiger partial charge in [0.05, 0.1) is 10.5 Å². The van der Waals surface area contributed by atoms with Crippen LogP contribution in [0.5, 0.6) is 0 Å². The van der Waals surface area contributed by atoms with Crippen molar-refractivity contribution in [3.8, 4) is 0 Å². The van der Waals surface area contributed by atoms with E-state index >= 15 is 0 Å². The van der Waals surface area contributed by atoms with Crippen LogP contribution in [0.2, 0.25) is 0 Å². The second-order valence-corrected chi connectivity index (χ2v) is 5.09. The molecule has 1 aliphatic heterocycles. The first kappa shape index (κ1) is 16.0. The lowest BCUT2D eigenvalue weighted by Crippen LogP contribution is -2.35. The summed E-state index contributed by atoms with van der Waals surface area (Å²) in [6, 6.07) is 1.96. The molecule has 0 saturated heterocycles. The Morgan fingerprint density at radius 3 is 2.55 bits per heavy atom. The minimum atomic E-state index is -4.75. The molecule has 22 heavy (non-hydrogen) atoms. The second-order valence-electron chi connectivity index (χ2n) is 5.09. The second kappa shape index (κ2) is 5.78. The van der Waals surface area contributed by atoms with Crippen molar-refractivity contribution in [3.05, 3.63) is 51.1 Å². The number of amides is 1. The molecule has 2 rings (SSSR count). The van der Waals surface area contributed by atoms with Crippen LogP contribution >= 0.6 is 0 Å². The van der Waals surface area contributed by atoms with Gasteiger partial charge in [0.1, 0.15) is 0 Å². The Morgan fingerprint density at radius 2 is 2.00 bits per heavy atom. The summed E-state index contributed by atoms with van der Waals surface area (Å²) in [6.45, 7) is 2.50. The quantitative estimate of drug-likeness (QED) is 0.477. The van der Waals surface area contributed by atoms with Crippen LogP contribution in [0, 0.1) is 10.1 Å². The van der Waals surface area contributed by atoms with Crippen molar-refractivity contribution in [2.75, 3.05) is 13.1 Å². The first-order valence-corrected chi connectivity index (χ1v) is 6.50. The number of alkyl halides is 3. The smallest absolute Gasteiger partial charge is 0.334 e. The molecule has 1 aliphatic rings. The number of nitrogens with zero attached hydrogens (tertiary/aromatic N) is 2. The largest absolute Gasteiger partial charge is 0.416 e. The maximum absolute atomic E-state index is 12.8. The summed E-state index contributed by atoms with van der Waals surface area (Å²) >= 11 is 0. The van der Waals surface area contributed by atoms with Crippen molar-refractivity contribution in [3.63, 3.8) is 0 Å². The van der Waals surface area contributed by atoms with Gasteiger partial charge < -0.3 is 4.90 Å². The lowest BCUT2D eigenvalue weighted by molar-refractivity contribution is -0.385. The van der Waals surface area contributed by atoms with E-state index in [1.54, 1.807) is 0 Å². The third-order valence-corrected chi connectivity index (χ3v) is 3.32. The van der Waals surface area contributed by atoms with Crippen molar-refractivity contribution in [2.45, 2.75) is 19.5 Å². The summed E-state index contributed by atoms with van der Waals surface area (Å²) in [7, 11) is 0. The monoisotopic (exact) mass is 314 g/mol. The lowest BCUT2D eigenvalue weighted by atomic mass is 10.1. The standard InChI is InChI=1S/C14H13F3N2O3/c1-9-3-2-4-18(8-9)13(20)10-5-11(14(15,16)17)7-12(6-10)19(21)22/h3,5-7H,2,4,8H2,1H3. The van der Waals surface area contributed by atoms with Crippen LogP contribution in [0.15, 0.2) is 29.8 Å². The van der Waals surface area contributed by atoms with Gasteiger partial charge in [-0.2, -0.15) is 13.2 Å². The molecule has 0 saturated carbocycles. The Morgan fingerprint density at radius 1 is 1.32 bits per heavy atom. The molecule has 118 valence electrons. The molecule has 0 N–H and O–H groups in total. The van der Waals surface area contributed by atoms with Crippen molar-refractivity contribution in [2.24, 2.45) is 0 Å². The van der Waals surface area contributed by atoms with E-state index in [9.17, 15) is 28.1 Å². The van der Waals surface area contributed by atoms with E-state index in [-0.39, 0.29) is 5.56 Å². The predicted octanol–water partition coefficient (Wildman–Crippen LogP) is 3.41. The van der Waals surface area contributed by atoms with Crippen LogP contribution < -0.4 is 0 Å². The molecule has 1 aromatic rings. The van der Waals surface area contributed by atoms with E-state index in [4.69, 9.17) is 0 Å². The summed E-state index contributed by atoms with van der Waals surface area (Å²) in [6.07, 6.45) is -2.20. The zero-order valence-corrected chi connectivity index (χ0v) is 11.7. The van der Waals surface area contributed by atoms with Gasteiger partial charge in [0.2, 0.25) is 0 Å². The van der Waals surface area contributed by atoms with Gasteiger partial charge in [-0.25, -0.2) is 0 Å². The molecule has 0 atom stereocenters. The van der Waals surface area contributed by atoms with Crippen LogP contribution in [0.1, 0.15) is 29.3 Å². The number of hydrogen-bond acceptors (Lipinski definition) is 3. The van der Waals surface area contributed by atoms with Gasteiger partial charge in [0.25, 0.3) is 11.6 Å². The molecule has 1 aromatic carbocycles. The summed E-state index contributed by atoms with van der Waals surface area (Å²) < 4.78 is 38.5. The highest BCUT2D eigenvalue weighted by molar-refractivity contribution is 5.95. The minimum absolute atomic E-state index is 0.308. The van der Waals surface area contributed by atoms with Gasteiger partial charge in [-0.1, -0.05) is 11.6 Å². The average Bonchev–Trinajstić information content (AvgIpc) is 2.45. The van der Waals surface area contributed by atoms with Crippen LogP contribution in [0.3, 0.4) is 0 Å². The fourth-order valence-electron chi connectivity index (χ4n) is 2.27. The molecular weight excluding hydrogens is 301 g/mol. The maximum atomic E-state index is 12.8. The number of nitro groups is 1. The topological polar surface area (TPSA) is 63.5 Å². The van der Waals surface area contributed by atoms with E-state index in [1.165, 1.54) is 4.90 Å². The first-order chi connectivity index (χ1) is 10.2. The molecule has 8 heteroatoms.